The van der Waals surface area contributed by atoms with Gasteiger partial charge in [-0.05, 0) is 41.7 Å². The fourth-order valence-corrected chi connectivity index (χ4v) is 5.03. The van der Waals surface area contributed by atoms with E-state index in [1.54, 1.807) is 0 Å². The lowest BCUT2D eigenvalue weighted by atomic mass is 9.73. The van der Waals surface area contributed by atoms with Crippen molar-refractivity contribution in [3.63, 3.8) is 0 Å². The molecule has 0 amide bonds. The molecule has 0 aromatic heterocycles. The predicted molar refractivity (Wildman–Crippen MR) is 133 cm³/mol. The maximum atomic E-state index is 13.4. The molecule has 0 saturated heterocycles. The van der Waals surface area contributed by atoms with Crippen LogP contribution in [0.3, 0.4) is 0 Å². The van der Waals surface area contributed by atoms with E-state index in [1.165, 1.54) is 0 Å². The Bertz CT molecular complexity index is 1290. The second-order valence-electron chi connectivity index (χ2n) is 9.51. The zero-order valence-corrected chi connectivity index (χ0v) is 19.4. The molecule has 1 aliphatic carbocycles. The molecule has 1 atom stereocenters. The average Bonchev–Trinajstić information content (AvgIpc) is 2.94. The van der Waals surface area contributed by atoms with Crippen LogP contribution in [-0.2, 0) is 4.79 Å². The number of Topliss-reactive ketones (excluding diaryl/α,β-unsaturated/α-hetero) is 1. The van der Waals surface area contributed by atoms with Gasteiger partial charge in [0.05, 0.1) is 17.4 Å². The Morgan fingerprint density at radius 2 is 1.64 bits per heavy atom. The molecule has 2 N–H and O–H groups in total. The van der Waals surface area contributed by atoms with E-state index < -0.39 is 6.04 Å². The van der Waals surface area contributed by atoms with Crippen molar-refractivity contribution in [3.8, 4) is 0 Å². The van der Waals surface area contributed by atoms with E-state index in [9.17, 15) is 9.59 Å². The van der Waals surface area contributed by atoms with Crippen LogP contribution < -0.4 is 10.6 Å². The maximum Gasteiger partial charge on any atom is 0.193 e. The van der Waals surface area contributed by atoms with Crippen LogP contribution >= 0.6 is 11.6 Å². The Labute approximate surface area is 198 Å². The Hall–Kier alpha value is -3.37. The van der Waals surface area contributed by atoms with Crippen LogP contribution in [0.15, 0.2) is 84.1 Å². The van der Waals surface area contributed by atoms with Crippen molar-refractivity contribution in [2.45, 2.75) is 32.7 Å². The number of fused-ring (bicyclic) bond motifs is 1. The summed E-state index contributed by atoms with van der Waals surface area (Å²) >= 11 is 6.59. The quantitative estimate of drug-likeness (QED) is 0.426. The van der Waals surface area contributed by atoms with Crippen LogP contribution in [0.5, 0.6) is 0 Å². The van der Waals surface area contributed by atoms with Crippen LogP contribution in [-0.4, -0.2) is 11.6 Å². The molecule has 0 bridgehead atoms. The number of anilines is 2. The van der Waals surface area contributed by atoms with Gasteiger partial charge in [0.25, 0.3) is 0 Å². The lowest BCUT2D eigenvalue weighted by molar-refractivity contribution is -0.118. The molecular weight excluding hydrogens is 432 g/mol. The number of hydrogen-bond acceptors (Lipinski definition) is 4. The molecule has 0 fully saturated rings. The summed E-state index contributed by atoms with van der Waals surface area (Å²) in [7, 11) is 0. The molecular formula is C28H25ClN2O2. The van der Waals surface area contributed by atoms with Crippen molar-refractivity contribution in [3.05, 3.63) is 106 Å². The van der Waals surface area contributed by atoms with Crippen molar-refractivity contribution in [1.82, 2.24) is 0 Å². The van der Waals surface area contributed by atoms with Crippen LogP contribution in [0.1, 0.15) is 54.2 Å². The number of halogens is 1. The smallest absolute Gasteiger partial charge is 0.193 e. The number of benzene rings is 3. The highest BCUT2D eigenvalue weighted by Crippen LogP contribution is 2.46. The van der Waals surface area contributed by atoms with Gasteiger partial charge in [-0.15, -0.1) is 0 Å². The molecule has 0 spiro atoms. The van der Waals surface area contributed by atoms with Gasteiger partial charge in [0.2, 0.25) is 0 Å². The second-order valence-corrected chi connectivity index (χ2v) is 9.92. The molecule has 1 aliphatic heterocycles. The minimum Gasteiger partial charge on any atom is -0.372 e. The first kappa shape index (κ1) is 21.5. The summed E-state index contributed by atoms with van der Waals surface area (Å²) in [5, 5.41) is 7.65. The van der Waals surface area contributed by atoms with Crippen molar-refractivity contribution in [1.29, 1.82) is 0 Å². The van der Waals surface area contributed by atoms with Gasteiger partial charge < -0.3 is 10.6 Å². The summed E-state index contributed by atoms with van der Waals surface area (Å²) in [5.41, 5.74) is 5.16. The lowest BCUT2D eigenvalue weighted by Gasteiger charge is -2.34. The molecule has 33 heavy (non-hydrogen) atoms. The average molecular weight is 457 g/mol. The number of nitrogens with one attached hydrogen (secondary N) is 2. The number of rotatable bonds is 3. The first-order valence-electron chi connectivity index (χ1n) is 11.1. The van der Waals surface area contributed by atoms with Crippen LogP contribution in [0.4, 0.5) is 11.4 Å². The zero-order chi connectivity index (χ0) is 23.2. The highest BCUT2D eigenvalue weighted by Gasteiger charge is 2.39. The molecule has 3 aromatic carbocycles. The standard InChI is InChI=1S/C28H25ClN2O2/c1-28(2)15-23-25(24(32)16-28)26(19-10-6-7-11-20(19)29)31-22-14-18(12-13-21(22)30-23)27(33)17-8-4-3-5-9-17/h3-14,26,30-31H,15-16H2,1-2H3/t26-/m1/s1. The molecule has 3 aromatic rings. The van der Waals surface area contributed by atoms with E-state index in [0.29, 0.717) is 22.6 Å². The van der Waals surface area contributed by atoms with E-state index in [1.807, 2.05) is 72.8 Å². The number of carbonyl (C=O) groups excluding carboxylic acids is 2. The highest BCUT2D eigenvalue weighted by molar-refractivity contribution is 6.31. The summed E-state index contributed by atoms with van der Waals surface area (Å²) < 4.78 is 0. The van der Waals surface area contributed by atoms with Gasteiger partial charge in [0, 0.05) is 33.8 Å². The largest absolute Gasteiger partial charge is 0.372 e. The molecule has 5 rings (SSSR count). The normalized spacial score (nSPS) is 19.0. The maximum absolute atomic E-state index is 13.4. The lowest BCUT2D eigenvalue weighted by Crippen LogP contribution is -2.31. The van der Waals surface area contributed by atoms with Crippen molar-refractivity contribution in [2.75, 3.05) is 10.6 Å². The summed E-state index contributed by atoms with van der Waals surface area (Å²) in [6.45, 7) is 4.23. The number of ketones is 2. The molecule has 1 heterocycles. The van der Waals surface area contributed by atoms with Crippen molar-refractivity contribution in [2.24, 2.45) is 5.41 Å². The molecule has 0 radical (unpaired) electrons. The number of allylic oxidation sites excluding steroid dienone is 1. The van der Waals surface area contributed by atoms with E-state index in [2.05, 4.69) is 24.5 Å². The minimum atomic E-state index is -0.409. The van der Waals surface area contributed by atoms with Gasteiger partial charge in [-0.3, -0.25) is 9.59 Å². The fourth-order valence-electron chi connectivity index (χ4n) is 4.78. The Morgan fingerprint density at radius 3 is 2.39 bits per heavy atom. The third-order valence-electron chi connectivity index (χ3n) is 6.33. The summed E-state index contributed by atoms with van der Waals surface area (Å²) in [5.74, 6) is 0.0632. The van der Waals surface area contributed by atoms with Crippen molar-refractivity contribution >= 4 is 34.5 Å². The van der Waals surface area contributed by atoms with E-state index in [0.717, 1.165) is 34.6 Å². The zero-order valence-electron chi connectivity index (χ0n) is 18.6. The second kappa shape index (κ2) is 8.20. The minimum absolute atomic E-state index is 0.0475. The Morgan fingerprint density at radius 1 is 0.909 bits per heavy atom. The van der Waals surface area contributed by atoms with E-state index >= 15 is 0 Å². The van der Waals surface area contributed by atoms with Crippen LogP contribution in [0.25, 0.3) is 0 Å². The van der Waals surface area contributed by atoms with Gasteiger partial charge in [0.15, 0.2) is 11.6 Å². The third-order valence-corrected chi connectivity index (χ3v) is 6.67. The first-order valence-corrected chi connectivity index (χ1v) is 11.5. The molecule has 4 nitrogen and oxygen atoms in total. The molecule has 5 heteroatoms. The van der Waals surface area contributed by atoms with Gasteiger partial charge in [-0.2, -0.15) is 0 Å². The number of hydrogen-bond donors (Lipinski definition) is 2. The topological polar surface area (TPSA) is 58.2 Å². The van der Waals surface area contributed by atoms with Gasteiger partial charge in [0.1, 0.15) is 0 Å². The predicted octanol–water partition coefficient (Wildman–Crippen LogP) is 6.79. The third kappa shape index (κ3) is 4.07. The molecule has 0 saturated carbocycles. The SMILES string of the molecule is CC1(C)CC(=O)C2=C(C1)Nc1ccc(C(=O)c3ccccc3)cc1N[C@@H]2c1ccccc1Cl. The Kier molecular flexibility index (Phi) is 5.34. The van der Waals surface area contributed by atoms with E-state index in [-0.39, 0.29) is 17.0 Å². The van der Waals surface area contributed by atoms with E-state index in [4.69, 9.17) is 11.6 Å². The molecule has 0 unspecified atom stereocenters. The van der Waals surface area contributed by atoms with Crippen molar-refractivity contribution < 1.29 is 9.59 Å². The van der Waals surface area contributed by atoms with Gasteiger partial charge in [-0.1, -0.05) is 74.0 Å². The van der Waals surface area contributed by atoms with Gasteiger partial charge in [-0.25, -0.2) is 0 Å². The van der Waals surface area contributed by atoms with Gasteiger partial charge >= 0.3 is 0 Å². The number of carbonyl (C=O) groups is 2. The molecule has 166 valence electrons. The van der Waals surface area contributed by atoms with Crippen LogP contribution in [0.2, 0.25) is 5.02 Å². The summed E-state index contributed by atoms with van der Waals surface area (Å²) in [6.07, 6.45) is 1.23. The highest BCUT2D eigenvalue weighted by atomic mass is 35.5. The summed E-state index contributed by atoms with van der Waals surface area (Å²) in [4.78, 5) is 26.4. The fraction of sp³-hybridized carbons (Fsp3) is 0.214. The Balaban J connectivity index is 1.62. The van der Waals surface area contributed by atoms with Crippen LogP contribution in [0, 0.1) is 5.41 Å². The molecule has 2 aliphatic rings. The first-order chi connectivity index (χ1) is 15.8. The summed E-state index contributed by atoms with van der Waals surface area (Å²) in [6, 6.07) is 22.0. The monoisotopic (exact) mass is 456 g/mol.